The molecule has 9 heavy (non-hydrogen) atoms. The van der Waals surface area contributed by atoms with E-state index >= 15 is 0 Å². The highest BCUT2D eigenvalue weighted by Crippen LogP contribution is 2.27. The van der Waals surface area contributed by atoms with Crippen LogP contribution in [0.1, 0.15) is 6.92 Å². The molecule has 0 unspecified atom stereocenters. The molecule has 1 heterocycles. The third-order valence-electron chi connectivity index (χ3n) is 1.10. The summed E-state index contributed by atoms with van der Waals surface area (Å²) in [5, 5.41) is 0.938. The molecule has 1 aliphatic heterocycles. The Hall–Kier alpha value is 0.0769. The van der Waals surface area contributed by atoms with Crippen molar-refractivity contribution in [2.75, 3.05) is 0 Å². The van der Waals surface area contributed by atoms with E-state index in [1.807, 2.05) is 13.0 Å². The molecule has 0 saturated carbocycles. The first-order chi connectivity index (χ1) is 4.13. The molecule has 1 aliphatic rings. The molecule has 0 aromatic rings. The summed E-state index contributed by atoms with van der Waals surface area (Å²) in [6.45, 7) is -0.604. The van der Waals surface area contributed by atoms with Crippen LogP contribution in [0.5, 0.6) is 0 Å². The van der Waals surface area contributed by atoms with Crippen LogP contribution in [0.4, 0.5) is 0 Å². The lowest BCUT2D eigenvalue weighted by Gasteiger charge is -2.18. The highest BCUT2D eigenvalue weighted by Gasteiger charge is 2.35. The first-order valence-electron chi connectivity index (χ1n) is 2.52. The molecule has 0 aromatic carbocycles. The minimum absolute atomic E-state index is 0.938. The summed E-state index contributed by atoms with van der Waals surface area (Å²) in [4.78, 5) is 0. The zero-order chi connectivity index (χ0) is 6.91. The van der Waals surface area contributed by atoms with E-state index in [9.17, 15) is 0 Å². The van der Waals surface area contributed by atoms with E-state index in [0.29, 0.717) is 0 Å². The van der Waals surface area contributed by atoms with Crippen LogP contribution < -0.4 is 0 Å². The van der Waals surface area contributed by atoms with E-state index in [-0.39, 0.29) is 0 Å². The van der Waals surface area contributed by atoms with Gasteiger partial charge >= 0.3 is 6.94 Å². The van der Waals surface area contributed by atoms with Crippen LogP contribution in [0, 0.1) is 0 Å². The average Bonchev–Trinajstić information content (AvgIpc) is 1.77. The second-order valence-electron chi connectivity index (χ2n) is 1.81. The van der Waals surface area contributed by atoms with Crippen LogP contribution >= 0.6 is 22.2 Å². The summed E-state index contributed by atoms with van der Waals surface area (Å²) in [5.41, 5.74) is 0. The molecular formula is C5H6Cl2OSi. The maximum absolute atomic E-state index is 5.79. The molecule has 1 rings (SSSR count). The second kappa shape index (κ2) is 2.37. The summed E-state index contributed by atoms with van der Waals surface area (Å²) >= 11 is 11.6. The number of hydrogen-bond acceptors (Lipinski definition) is 1. The predicted octanol–water partition coefficient (Wildman–Crippen LogP) is 2.43. The Bertz CT molecular complexity index is 174. The lowest BCUT2D eigenvalue weighted by Crippen LogP contribution is -2.25. The largest absolute Gasteiger partial charge is 0.522 e. The van der Waals surface area contributed by atoms with E-state index in [1.165, 1.54) is 6.26 Å². The van der Waals surface area contributed by atoms with Crippen LogP contribution in [0.25, 0.3) is 0 Å². The minimum atomic E-state index is -2.48. The molecule has 0 spiro atoms. The normalized spacial score (nSPS) is 22.8. The standard InChI is InChI=1S/C5H6Cl2OSi/c1-5-3-2-4-8-9(5,6)7/h2-4H,1H3. The maximum Gasteiger partial charge on any atom is 0.479 e. The molecule has 0 atom stereocenters. The van der Waals surface area contributed by atoms with Gasteiger partial charge in [-0.05, 0) is 18.2 Å². The molecule has 0 N–H and O–H groups in total. The van der Waals surface area contributed by atoms with Gasteiger partial charge in [0, 0.05) is 0 Å². The second-order valence-corrected chi connectivity index (χ2v) is 7.64. The highest BCUT2D eigenvalue weighted by atomic mass is 35.7. The van der Waals surface area contributed by atoms with Gasteiger partial charge < -0.3 is 4.43 Å². The summed E-state index contributed by atoms with van der Waals surface area (Å²) in [5.74, 6) is 0. The van der Waals surface area contributed by atoms with Crippen molar-refractivity contribution in [3.8, 4) is 0 Å². The molecule has 0 amide bonds. The number of allylic oxidation sites excluding steroid dienone is 3. The van der Waals surface area contributed by atoms with Crippen LogP contribution in [0.3, 0.4) is 0 Å². The average molecular weight is 181 g/mol. The van der Waals surface area contributed by atoms with Gasteiger partial charge in [0.05, 0.1) is 6.26 Å². The zero-order valence-electron chi connectivity index (χ0n) is 4.90. The predicted molar refractivity (Wildman–Crippen MR) is 41.4 cm³/mol. The smallest absolute Gasteiger partial charge is 0.479 e. The van der Waals surface area contributed by atoms with Gasteiger partial charge in [0.15, 0.2) is 0 Å². The number of hydrogen-bond donors (Lipinski definition) is 0. The molecule has 0 fully saturated rings. The van der Waals surface area contributed by atoms with Gasteiger partial charge in [-0.2, -0.15) is 0 Å². The Morgan fingerprint density at radius 3 is 2.56 bits per heavy atom. The molecule has 0 radical (unpaired) electrons. The number of halogens is 2. The first kappa shape index (κ1) is 7.19. The van der Waals surface area contributed by atoms with Gasteiger partial charge in [-0.15, -0.1) is 0 Å². The fourth-order valence-electron chi connectivity index (χ4n) is 0.498. The van der Waals surface area contributed by atoms with Crippen LogP contribution in [-0.4, -0.2) is 6.94 Å². The van der Waals surface area contributed by atoms with E-state index < -0.39 is 6.94 Å². The lowest BCUT2D eigenvalue weighted by atomic mass is 10.5. The molecule has 1 nitrogen and oxygen atoms in total. The van der Waals surface area contributed by atoms with Crippen LogP contribution in [-0.2, 0) is 4.43 Å². The van der Waals surface area contributed by atoms with Crippen molar-refractivity contribution in [2.45, 2.75) is 6.92 Å². The molecule has 4 heteroatoms. The SMILES string of the molecule is CC1=CC=CO[Si]1(Cl)Cl. The Labute approximate surface area is 64.4 Å². The fourth-order valence-corrected chi connectivity index (χ4v) is 1.91. The Kier molecular flexibility index (Phi) is 1.89. The topological polar surface area (TPSA) is 9.23 Å². The third kappa shape index (κ3) is 1.51. The van der Waals surface area contributed by atoms with Crippen molar-refractivity contribution in [3.63, 3.8) is 0 Å². The van der Waals surface area contributed by atoms with Crippen molar-refractivity contribution >= 4 is 29.1 Å². The molecule has 50 valence electrons. The summed E-state index contributed by atoms with van der Waals surface area (Å²) < 4.78 is 5.00. The highest BCUT2D eigenvalue weighted by molar-refractivity contribution is 7.45. The molecular weight excluding hydrogens is 175 g/mol. The van der Waals surface area contributed by atoms with E-state index in [4.69, 9.17) is 26.6 Å². The maximum atomic E-state index is 5.79. The molecule has 0 bridgehead atoms. The zero-order valence-corrected chi connectivity index (χ0v) is 7.41. The minimum Gasteiger partial charge on any atom is -0.522 e. The summed E-state index contributed by atoms with van der Waals surface area (Å²) in [6.07, 6.45) is 5.18. The van der Waals surface area contributed by atoms with Gasteiger partial charge in [0.1, 0.15) is 0 Å². The molecule has 0 saturated heterocycles. The monoisotopic (exact) mass is 180 g/mol. The first-order valence-corrected chi connectivity index (χ1v) is 6.46. The number of rotatable bonds is 0. The van der Waals surface area contributed by atoms with E-state index in [1.54, 1.807) is 6.08 Å². The van der Waals surface area contributed by atoms with Gasteiger partial charge in [0.25, 0.3) is 0 Å². The van der Waals surface area contributed by atoms with Crippen LogP contribution in [0.15, 0.2) is 23.6 Å². The van der Waals surface area contributed by atoms with Gasteiger partial charge in [-0.25, -0.2) is 0 Å². The Morgan fingerprint density at radius 1 is 1.56 bits per heavy atom. The van der Waals surface area contributed by atoms with Crippen molar-refractivity contribution in [1.29, 1.82) is 0 Å². The molecule has 0 aromatic heterocycles. The quantitative estimate of drug-likeness (QED) is 0.412. The Balaban J connectivity index is 2.83. The Morgan fingerprint density at radius 2 is 2.22 bits per heavy atom. The lowest BCUT2D eigenvalue weighted by molar-refractivity contribution is 0.502. The van der Waals surface area contributed by atoms with Gasteiger partial charge in [-0.1, -0.05) is 28.2 Å². The van der Waals surface area contributed by atoms with Crippen molar-refractivity contribution in [2.24, 2.45) is 0 Å². The summed E-state index contributed by atoms with van der Waals surface area (Å²) in [6, 6.07) is 0. The van der Waals surface area contributed by atoms with Crippen molar-refractivity contribution < 1.29 is 4.43 Å². The fraction of sp³-hybridized carbons (Fsp3) is 0.200. The third-order valence-corrected chi connectivity index (χ3v) is 4.94. The van der Waals surface area contributed by atoms with Crippen molar-refractivity contribution in [3.05, 3.63) is 23.6 Å². The van der Waals surface area contributed by atoms with Gasteiger partial charge in [0.2, 0.25) is 0 Å². The van der Waals surface area contributed by atoms with Crippen LogP contribution in [0.2, 0.25) is 0 Å². The summed E-state index contributed by atoms with van der Waals surface area (Å²) in [7, 11) is 0. The van der Waals surface area contributed by atoms with Crippen molar-refractivity contribution in [1.82, 2.24) is 0 Å². The van der Waals surface area contributed by atoms with E-state index in [2.05, 4.69) is 0 Å². The van der Waals surface area contributed by atoms with Gasteiger partial charge in [-0.3, -0.25) is 0 Å². The van der Waals surface area contributed by atoms with E-state index in [0.717, 1.165) is 5.20 Å². The molecule has 0 aliphatic carbocycles.